The monoisotopic (exact) mass is 380 g/mol. The van der Waals surface area contributed by atoms with Crippen LogP contribution >= 0.6 is 0 Å². The summed E-state index contributed by atoms with van der Waals surface area (Å²) in [7, 11) is 0. The highest BCUT2D eigenvalue weighted by Gasteiger charge is 2.32. The Morgan fingerprint density at radius 1 is 1.25 bits per heavy atom. The molecule has 0 spiro atoms. The van der Waals surface area contributed by atoms with E-state index in [9.17, 15) is 4.79 Å². The second kappa shape index (κ2) is 7.04. The fourth-order valence-corrected chi connectivity index (χ4v) is 3.88. The van der Waals surface area contributed by atoms with Gasteiger partial charge in [-0.25, -0.2) is 9.50 Å². The summed E-state index contributed by atoms with van der Waals surface area (Å²) >= 11 is 0. The fraction of sp³-hybridized carbons (Fsp3) is 0.524. The topological polar surface area (TPSA) is 68.3 Å². The molecule has 3 aromatic heterocycles. The molecular weight excluding hydrogens is 352 g/mol. The Balaban J connectivity index is 1.58. The van der Waals surface area contributed by atoms with E-state index in [1.807, 2.05) is 45.4 Å². The summed E-state index contributed by atoms with van der Waals surface area (Å²) in [5.41, 5.74) is 3.93. The molecule has 0 aliphatic carbocycles. The Labute approximate surface area is 165 Å². The zero-order chi connectivity index (χ0) is 19.9. The number of amides is 1. The molecule has 4 rings (SSSR count). The predicted molar refractivity (Wildman–Crippen MR) is 107 cm³/mol. The third kappa shape index (κ3) is 3.41. The lowest BCUT2D eigenvalue weighted by Gasteiger charge is -2.25. The van der Waals surface area contributed by atoms with Gasteiger partial charge in [0.25, 0.3) is 0 Å². The van der Waals surface area contributed by atoms with E-state index in [2.05, 4.69) is 30.9 Å². The van der Waals surface area contributed by atoms with E-state index in [1.165, 1.54) is 0 Å². The van der Waals surface area contributed by atoms with Gasteiger partial charge in [-0.1, -0.05) is 20.8 Å². The minimum absolute atomic E-state index is 0.0439. The van der Waals surface area contributed by atoms with Gasteiger partial charge in [0.2, 0.25) is 5.91 Å². The van der Waals surface area contributed by atoms with Crippen molar-refractivity contribution in [3.05, 3.63) is 47.7 Å². The van der Waals surface area contributed by atoms with E-state index >= 15 is 0 Å². The van der Waals surface area contributed by atoms with Crippen LogP contribution in [0.1, 0.15) is 63.2 Å². The van der Waals surface area contributed by atoms with Gasteiger partial charge in [-0.15, -0.1) is 0 Å². The second-order valence-corrected chi connectivity index (χ2v) is 8.61. The third-order valence-corrected chi connectivity index (χ3v) is 5.54. The number of likely N-dealkylation sites (tertiary alicyclic amines) is 1. The van der Waals surface area contributed by atoms with Crippen molar-refractivity contribution >= 4 is 11.6 Å². The average Bonchev–Trinajstić information content (AvgIpc) is 3.37. The van der Waals surface area contributed by atoms with E-state index in [4.69, 9.17) is 5.10 Å². The van der Waals surface area contributed by atoms with Crippen molar-refractivity contribution in [2.24, 2.45) is 0 Å². The first kappa shape index (κ1) is 18.7. The summed E-state index contributed by atoms with van der Waals surface area (Å²) in [6.45, 7) is 9.86. The molecule has 0 aromatic carbocycles. The van der Waals surface area contributed by atoms with Crippen LogP contribution in [0.4, 0.5) is 0 Å². The predicted octanol–water partition coefficient (Wildman–Crippen LogP) is 3.29. The van der Waals surface area contributed by atoms with Crippen LogP contribution in [0.3, 0.4) is 0 Å². The molecule has 7 heteroatoms. The molecule has 1 amide bonds. The van der Waals surface area contributed by atoms with Crippen molar-refractivity contribution in [3.63, 3.8) is 0 Å². The zero-order valence-electron chi connectivity index (χ0n) is 17.1. The van der Waals surface area contributed by atoms with E-state index < -0.39 is 0 Å². The SMILES string of the molecule is Cc1ccnn1CCC(=O)N1CCCC1c1ccnc2cc(C(C)(C)C)nn12. The number of nitrogens with zero attached hydrogens (tertiary/aromatic N) is 6. The molecule has 1 atom stereocenters. The minimum atomic E-state index is -0.0439. The van der Waals surface area contributed by atoms with Crippen LogP contribution in [0, 0.1) is 6.92 Å². The van der Waals surface area contributed by atoms with Crippen LogP contribution in [0.5, 0.6) is 0 Å². The number of carbonyl (C=O) groups is 1. The van der Waals surface area contributed by atoms with Gasteiger partial charge < -0.3 is 4.90 Å². The number of rotatable bonds is 4. The Bertz CT molecular complexity index is 996. The van der Waals surface area contributed by atoms with Crippen LogP contribution in [0.15, 0.2) is 30.6 Å². The van der Waals surface area contributed by atoms with Gasteiger partial charge in [0, 0.05) is 49.1 Å². The molecule has 1 fully saturated rings. The van der Waals surface area contributed by atoms with E-state index in [1.54, 1.807) is 6.20 Å². The standard InChI is InChI=1S/C21H28N6O/c1-15-7-11-23-26(15)13-9-20(28)25-12-5-6-16(25)17-8-10-22-19-14-18(21(2,3)4)24-27(17)19/h7-8,10-11,14,16H,5-6,9,12-13H2,1-4H3. The number of aryl methyl sites for hydroxylation is 2. The molecule has 28 heavy (non-hydrogen) atoms. The molecule has 1 aliphatic rings. The van der Waals surface area contributed by atoms with E-state index in [0.717, 1.165) is 42.1 Å². The normalized spacial score (nSPS) is 17.6. The fourth-order valence-electron chi connectivity index (χ4n) is 3.88. The molecule has 1 saturated heterocycles. The number of aromatic nitrogens is 5. The van der Waals surface area contributed by atoms with Crippen molar-refractivity contribution in [1.82, 2.24) is 29.3 Å². The van der Waals surface area contributed by atoms with E-state index in [-0.39, 0.29) is 17.4 Å². The zero-order valence-corrected chi connectivity index (χ0v) is 17.1. The Morgan fingerprint density at radius 2 is 2.07 bits per heavy atom. The molecular formula is C21H28N6O. The van der Waals surface area contributed by atoms with Crippen molar-refractivity contribution < 1.29 is 4.79 Å². The molecule has 0 N–H and O–H groups in total. The summed E-state index contributed by atoms with van der Waals surface area (Å²) in [4.78, 5) is 19.5. The van der Waals surface area contributed by atoms with Gasteiger partial charge in [0.1, 0.15) is 0 Å². The van der Waals surface area contributed by atoms with E-state index in [0.29, 0.717) is 13.0 Å². The maximum atomic E-state index is 13.0. The average molecular weight is 380 g/mol. The van der Waals surface area contributed by atoms with Crippen LogP contribution in [0.2, 0.25) is 0 Å². The molecule has 1 unspecified atom stereocenters. The van der Waals surface area contributed by atoms with Crippen molar-refractivity contribution in [2.75, 3.05) is 6.54 Å². The largest absolute Gasteiger partial charge is 0.334 e. The van der Waals surface area contributed by atoms with Crippen LogP contribution in [-0.2, 0) is 16.8 Å². The third-order valence-electron chi connectivity index (χ3n) is 5.54. The Hall–Kier alpha value is -2.70. The highest BCUT2D eigenvalue weighted by molar-refractivity contribution is 5.77. The van der Waals surface area contributed by atoms with Crippen LogP contribution in [0.25, 0.3) is 5.65 Å². The van der Waals surface area contributed by atoms with Gasteiger partial charge in [-0.3, -0.25) is 9.48 Å². The highest BCUT2D eigenvalue weighted by Crippen LogP contribution is 2.33. The Kier molecular flexibility index (Phi) is 4.69. The number of hydrogen-bond donors (Lipinski definition) is 0. The minimum Gasteiger partial charge on any atom is -0.334 e. The number of hydrogen-bond acceptors (Lipinski definition) is 4. The van der Waals surface area contributed by atoms with Gasteiger partial charge in [-0.05, 0) is 31.9 Å². The molecule has 0 saturated carbocycles. The first-order valence-corrected chi connectivity index (χ1v) is 9.97. The molecule has 0 radical (unpaired) electrons. The summed E-state index contributed by atoms with van der Waals surface area (Å²) in [6, 6.07) is 6.05. The lowest BCUT2D eigenvalue weighted by molar-refractivity contribution is -0.132. The first-order valence-electron chi connectivity index (χ1n) is 9.97. The van der Waals surface area contributed by atoms with Gasteiger partial charge in [0.05, 0.1) is 17.4 Å². The van der Waals surface area contributed by atoms with Crippen LogP contribution < -0.4 is 0 Å². The van der Waals surface area contributed by atoms with Crippen molar-refractivity contribution in [1.29, 1.82) is 0 Å². The maximum Gasteiger partial charge on any atom is 0.224 e. The smallest absolute Gasteiger partial charge is 0.224 e. The molecule has 7 nitrogen and oxygen atoms in total. The van der Waals surface area contributed by atoms with Crippen molar-refractivity contribution in [2.45, 2.75) is 65.0 Å². The summed E-state index contributed by atoms with van der Waals surface area (Å²) in [6.07, 6.45) is 6.02. The molecule has 0 bridgehead atoms. The van der Waals surface area contributed by atoms with Crippen molar-refractivity contribution in [3.8, 4) is 0 Å². The summed E-state index contributed by atoms with van der Waals surface area (Å²) in [5.74, 6) is 0.172. The second-order valence-electron chi connectivity index (χ2n) is 8.61. The lowest BCUT2D eigenvalue weighted by Crippen LogP contribution is -2.32. The summed E-state index contributed by atoms with van der Waals surface area (Å²) in [5, 5.41) is 9.10. The summed E-state index contributed by atoms with van der Waals surface area (Å²) < 4.78 is 3.81. The van der Waals surface area contributed by atoms with Gasteiger partial charge >= 0.3 is 0 Å². The highest BCUT2D eigenvalue weighted by atomic mass is 16.2. The maximum absolute atomic E-state index is 13.0. The molecule has 3 aromatic rings. The lowest BCUT2D eigenvalue weighted by atomic mass is 9.93. The number of carbonyl (C=O) groups excluding carboxylic acids is 1. The van der Waals surface area contributed by atoms with Crippen LogP contribution in [-0.4, -0.2) is 41.7 Å². The number of fused-ring (bicyclic) bond motifs is 1. The van der Waals surface area contributed by atoms with Gasteiger partial charge in [0.15, 0.2) is 5.65 Å². The Morgan fingerprint density at radius 3 is 2.79 bits per heavy atom. The molecule has 148 valence electrons. The van der Waals surface area contributed by atoms with Gasteiger partial charge in [-0.2, -0.15) is 10.2 Å². The molecule has 4 heterocycles. The molecule has 1 aliphatic heterocycles. The first-order chi connectivity index (χ1) is 13.3. The quantitative estimate of drug-likeness (QED) is 0.696.